The first-order valence-corrected chi connectivity index (χ1v) is 6.35. The van der Waals surface area contributed by atoms with Crippen LogP contribution in [0, 0.1) is 0 Å². The van der Waals surface area contributed by atoms with E-state index in [0.717, 1.165) is 17.3 Å². The summed E-state index contributed by atoms with van der Waals surface area (Å²) in [4.78, 5) is 0. The molecule has 0 saturated carbocycles. The van der Waals surface area contributed by atoms with Crippen molar-refractivity contribution in [1.82, 2.24) is 5.32 Å². The lowest BCUT2D eigenvalue weighted by atomic mass is 10.3. The van der Waals surface area contributed by atoms with Crippen molar-refractivity contribution >= 4 is 11.8 Å². The highest BCUT2D eigenvalue weighted by molar-refractivity contribution is 7.98. The Labute approximate surface area is 95.2 Å². The van der Waals surface area contributed by atoms with Crippen molar-refractivity contribution in [2.45, 2.75) is 31.7 Å². The topological polar surface area (TPSA) is 45.4 Å². The van der Waals surface area contributed by atoms with Gasteiger partial charge in [-0.3, -0.25) is 0 Å². The molecule has 0 saturated heterocycles. The molecule has 0 fully saturated rings. The molecule has 1 aromatic heterocycles. The van der Waals surface area contributed by atoms with Crippen LogP contribution in [0.4, 0.5) is 0 Å². The Balaban J connectivity index is 2.04. The molecule has 4 heteroatoms. The summed E-state index contributed by atoms with van der Waals surface area (Å²) < 4.78 is 5.20. The standard InChI is InChI=1S/C11H19NO2S/c1-9(2)12-6-10(13)7-15-8-11-4-3-5-14-11/h3-5,9-10,12-13H,6-8H2,1-2H3. The van der Waals surface area contributed by atoms with Crippen LogP contribution in [-0.2, 0) is 5.75 Å². The maximum absolute atomic E-state index is 9.61. The molecule has 15 heavy (non-hydrogen) atoms. The number of aliphatic hydroxyl groups excluding tert-OH is 1. The SMILES string of the molecule is CC(C)NCC(O)CSCc1ccco1. The van der Waals surface area contributed by atoms with Gasteiger partial charge >= 0.3 is 0 Å². The zero-order valence-electron chi connectivity index (χ0n) is 9.27. The van der Waals surface area contributed by atoms with Crippen molar-refractivity contribution in [2.24, 2.45) is 0 Å². The largest absolute Gasteiger partial charge is 0.468 e. The number of aliphatic hydroxyl groups is 1. The Morgan fingerprint density at radius 2 is 2.33 bits per heavy atom. The van der Waals surface area contributed by atoms with E-state index >= 15 is 0 Å². The van der Waals surface area contributed by atoms with Crippen LogP contribution in [0.3, 0.4) is 0 Å². The quantitative estimate of drug-likeness (QED) is 0.749. The monoisotopic (exact) mass is 229 g/mol. The zero-order chi connectivity index (χ0) is 11.1. The molecule has 2 N–H and O–H groups in total. The predicted octanol–water partition coefficient (Wildman–Crippen LogP) is 1.87. The number of rotatable bonds is 7. The summed E-state index contributed by atoms with van der Waals surface area (Å²) in [6, 6.07) is 4.26. The molecule has 0 aliphatic heterocycles. The summed E-state index contributed by atoms with van der Waals surface area (Å²) in [6.07, 6.45) is 1.39. The van der Waals surface area contributed by atoms with E-state index in [1.165, 1.54) is 0 Å². The van der Waals surface area contributed by atoms with Gasteiger partial charge < -0.3 is 14.8 Å². The summed E-state index contributed by atoms with van der Waals surface area (Å²) in [7, 11) is 0. The van der Waals surface area contributed by atoms with E-state index < -0.39 is 0 Å². The Bertz CT molecular complexity index is 249. The fourth-order valence-corrected chi connectivity index (χ4v) is 1.99. The number of thioether (sulfide) groups is 1. The van der Waals surface area contributed by atoms with Gasteiger partial charge in [0.05, 0.1) is 18.1 Å². The highest BCUT2D eigenvalue weighted by Crippen LogP contribution is 2.13. The Morgan fingerprint density at radius 1 is 1.53 bits per heavy atom. The minimum atomic E-state index is -0.285. The average molecular weight is 229 g/mol. The van der Waals surface area contributed by atoms with Crippen LogP contribution in [0.15, 0.2) is 22.8 Å². The molecule has 1 atom stereocenters. The molecule has 0 radical (unpaired) electrons. The highest BCUT2D eigenvalue weighted by Gasteiger charge is 2.05. The van der Waals surface area contributed by atoms with E-state index in [0.29, 0.717) is 12.6 Å². The van der Waals surface area contributed by atoms with Gasteiger partial charge in [0.15, 0.2) is 0 Å². The predicted molar refractivity (Wildman–Crippen MR) is 64.0 cm³/mol. The molecule has 0 aromatic carbocycles. The first-order chi connectivity index (χ1) is 7.18. The minimum absolute atomic E-state index is 0.285. The highest BCUT2D eigenvalue weighted by atomic mass is 32.2. The van der Waals surface area contributed by atoms with Crippen molar-refractivity contribution < 1.29 is 9.52 Å². The molecule has 1 rings (SSSR count). The van der Waals surface area contributed by atoms with Crippen LogP contribution >= 0.6 is 11.8 Å². The maximum Gasteiger partial charge on any atom is 0.113 e. The summed E-state index contributed by atoms with van der Waals surface area (Å²) in [5.41, 5.74) is 0. The Kier molecular flexibility index (Phi) is 5.83. The van der Waals surface area contributed by atoms with Crippen LogP contribution in [0.1, 0.15) is 19.6 Å². The summed E-state index contributed by atoms with van der Waals surface area (Å²) in [5.74, 6) is 2.52. The molecule has 0 spiro atoms. The lowest BCUT2D eigenvalue weighted by Crippen LogP contribution is -2.33. The van der Waals surface area contributed by atoms with Gasteiger partial charge in [0, 0.05) is 18.3 Å². The van der Waals surface area contributed by atoms with E-state index in [9.17, 15) is 5.11 Å². The van der Waals surface area contributed by atoms with E-state index in [1.54, 1.807) is 18.0 Å². The molecule has 0 aliphatic carbocycles. The van der Waals surface area contributed by atoms with Crippen molar-refractivity contribution in [3.63, 3.8) is 0 Å². The minimum Gasteiger partial charge on any atom is -0.468 e. The first kappa shape index (κ1) is 12.6. The molecule has 0 bridgehead atoms. The zero-order valence-corrected chi connectivity index (χ0v) is 10.1. The van der Waals surface area contributed by atoms with Crippen LogP contribution in [0.5, 0.6) is 0 Å². The first-order valence-electron chi connectivity index (χ1n) is 5.20. The second-order valence-corrected chi connectivity index (χ2v) is 4.84. The van der Waals surface area contributed by atoms with Gasteiger partial charge in [0.2, 0.25) is 0 Å². The fraction of sp³-hybridized carbons (Fsp3) is 0.636. The van der Waals surface area contributed by atoms with Gasteiger partial charge in [-0.2, -0.15) is 11.8 Å². The van der Waals surface area contributed by atoms with Gasteiger partial charge in [-0.25, -0.2) is 0 Å². The normalized spacial score (nSPS) is 13.3. The lowest BCUT2D eigenvalue weighted by Gasteiger charge is -2.13. The van der Waals surface area contributed by atoms with Crippen molar-refractivity contribution in [1.29, 1.82) is 0 Å². The molecule has 0 aliphatic rings. The number of nitrogens with one attached hydrogen (secondary N) is 1. The van der Waals surface area contributed by atoms with E-state index in [2.05, 4.69) is 19.2 Å². The number of hydrogen-bond donors (Lipinski definition) is 2. The van der Waals surface area contributed by atoms with Crippen LogP contribution in [0.2, 0.25) is 0 Å². The van der Waals surface area contributed by atoms with Crippen LogP contribution < -0.4 is 5.32 Å². The van der Waals surface area contributed by atoms with Gasteiger partial charge in [0.1, 0.15) is 5.76 Å². The molecule has 86 valence electrons. The molecule has 1 aromatic rings. The third-order valence-corrected chi connectivity index (χ3v) is 3.01. The molecular formula is C11H19NO2S. The third kappa shape index (κ3) is 5.87. The summed E-state index contributed by atoms with van der Waals surface area (Å²) >= 11 is 1.69. The second-order valence-electron chi connectivity index (χ2n) is 3.81. The number of hydrogen-bond acceptors (Lipinski definition) is 4. The van der Waals surface area contributed by atoms with E-state index in [-0.39, 0.29) is 6.10 Å². The Morgan fingerprint density at radius 3 is 2.93 bits per heavy atom. The van der Waals surface area contributed by atoms with E-state index in [4.69, 9.17) is 4.42 Å². The van der Waals surface area contributed by atoms with Gasteiger partial charge in [0.25, 0.3) is 0 Å². The van der Waals surface area contributed by atoms with E-state index in [1.807, 2.05) is 12.1 Å². The summed E-state index contributed by atoms with van der Waals surface area (Å²) in [6.45, 7) is 4.80. The van der Waals surface area contributed by atoms with Gasteiger partial charge in [-0.05, 0) is 12.1 Å². The molecule has 1 heterocycles. The third-order valence-electron chi connectivity index (χ3n) is 1.90. The summed E-state index contributed by atoms with van der Waals surface area (Å²) in [5, 5.41) is 12.8. The molecular weight excluding hydrogens is 210 g/mol. The van der Waals surface area contributed by atoms with Crippen molar-refractivity contribution in [2.75, 3.05) is 12.3 Å². The van der Waals surface area contributed by atoms with Gasteiger partial charge in [-0.15, -0.1) is 0 Å². The lowest BCUT2D eigenvalue weighted by molar-refractivity contribution is 0.192. The second kappa shape index (κ2) is 6.93. The molecule has 3 nitrogen and oxygen atoms in total. The van der Waals surface area contributed by atoms with Crippen molar-refractivity contribution in [3.8, 4) is 0 Å². The van der Waals surface area contributed by atoms with Crippen LogP contribution in [-0.4, -0.2) is 29.5 Å². The maximum atomic E-state index is 9.61. The molecule has 0 amide bonds. The van der Waals surface area contributed by atoms with Crippen LogP contribution in [0.25, 0.3) is 0 Å². The average Bonchev–Trinajstić information content (AvgIpc) is 2.67. The smallest absolute Gasteiger partial charge is 0.113 e. The molecule has 1 unspecified atom stereocenters. The van der Waals surface area contributed by atoms with Crippen molar-refractivity contribution in [3.05, 3.63) is 24.2 Å². The fourth-order valence-electron chi connectivity index (χ4n) is 1.12. The number of furan rings is 1. The van der Waals surface area contributed by atoms with Gasteiger partial charge in [-0.1, -0.05) is 13.8 Å². The Hall–Kier alpha value is -0.450.